The molecule has 0 spiro atoms. The Morgan fingerprint density at radius 3 is 2.57 bits per heavy atom. The summed E-state index contributed by atoms with van der Waals surface area (Å²) in [6, 6.07) is 7.54. The van der Waals surface area contributed by atoms with Gasteiger partial charge in [-0.15, -0.1) is 0 Å². The highest BCUT2D eigenvalue weighted by Gasteiger charge is 2.40. The molecule has 28 heavy (non-hydrogen) atoms. The standard InChI is InChI=1S/C23H34O4Si/c1-7-26-22(25)19-13-9-11-17(14-19)10-8-12-18-15-20(16-21(18)24)27-28(5,6)23(2,3)4/h9,11,13-15,20H,7-8,10,12,16H2,1-6H3/t20-/m0/s1. The van der Waals surface area contributed by atoms with Crippen molar-refractivity contribution >= 4 is 20.1 Å². The molecular formula is C23H34O4Si. The lowest BCUT2D eigenvalue weighted by Crippen LogP contribution is -2.43. The Kier molecular flexibility index (Phi) is 7.40. The van der Waals surface area contributed by atoms with E-state index in [-0.39, 0.29) is 22.9 Å². The fourth-order valence-electron chi connectivity index (χ4n) is 3.09. The Morgan fingerprint density at radius 1 is 1.21 bits per heavy atom. The summed E-state index contributed by atoms with van der Waals surface area (Å²) in [6.07, 6.45) is 4.88. The van der Waals surface area contributed by atoms with Crippen LogP contribution in [-0.4, -0.2) is 32.8 Å². The van der Waals surface area contributed by atoms with Crippen LogP contribution in [0.25, 0.3) is 0 Å². The van der Waals surface area contributed by atoms with Crippen molar-refractivity contribution in [1.82, 2.24) is 0 Å². The summed E-state index contributed by atoms with van der Waals surface area (Å²) >= 11 is 0. The summed E-state index contributed by atoms with van der Waals surface area (Å²) in [4.78, 5) is 24.2. The Labute approximate surface area is 170 Å². The van der Waals surface area contributed by atoms with Gasteiger partial charge >= 0.3 is 5.97 Å². The number of aryl methyl sites for hydroxylation is 1. The molecule has 0 N–H and O–H groups in total. The Balaban J connectivity index is 1.91. The molecule has 1 aliphatic carbocycles. The van der Waals surface area contributed by atoms with E-state index < -0.39 is 8.32 Å². The summed E-state index contributed by atoms with van der Waals surface area (Å²) in [6.45, 7) is 13.3. The summed E-state index contributed by atoms with van der Waals surface area (Å²) in [5.41, 5.74) is 2.56. The van der Waals surface area contributed by atoms with Crippen LogP contribution < -0.4 is 0 Å². The number of ketones is 1. The number of Topliss-reactive ketones (excluding diaryl/α,β-unsaturated/α-hetero) is 1. The van der Waals surface area contributed by atoms with Crippen LogP contribution in [0.4, 0.5) is 0 Å². The first-order valence-corrected chi connectivity index (χ1v) is 13.1. The van der Waals surface area contributed by atoms with Gasteiger partial charge in [-0.1, -0.05) is 32.9 Å². The maximum atomic E-state index is 12.4. The lowest BCUT2D eigenvalue weighted by atomic mass is 10.0. The highest BCUT2D eigenvalue weighted by molar-refractivity contribution is 6.74. The number of rotatable bonds is 8. The second kappa shape index (κ2) is 9.18. The van der Waals surface area contributed by atoms with Crippen molar-refractivity contribution in [3.05, 3.63) is 47.0 Å². The van der Waals surface area contributed by atoms with Gasteiger partial charge in [0.15, 0.2) is 14.1 Å². The molecule has 2 rings (SSSR count). The number of hydrogen-bond acceptors (Lipinski definition) is 4. The van der Waals surface area contributed by atoms with Crippen LogP contribution in [0.15, 0.2) is 35.9 Å². The van der Waals surface area contributed by atoms with Gasteiger partial charge < -0.3 is 9.16 Å². The lowest BCUT2D eigenvalue weighted by molar-refractivity contribution is -0.115. The zero-order valence-electron chi connectivity index (χ0n) is 18.1. The molecule has 0 saturated carbocycles. The van der Waals surface area contributed by atoms with Gasteiger partial charge in [0.2, 0.25) is 0 Å². The van der Waals surface area contributed by atoms with E-state index in [0.717, 1.165) is 30.4 Å². The van der Waals surface area contributed by atoms with Crippen molar-refractivity contribution in [3.8, 4) is 0 Å². The molecule has 1 aromatic rings. The van der Waals surface area contributed by atoms with E-state index in [1.54, 1.807) is 13.0 Å². The van der Waals surface area contributed by atoms with Crippen molar-refractivity contribution < 1.29 is 18.8 Å². The second-order valence-electron chi connectivity index (χ2n) is 9.01. The average molecular weight is 403 g/mol. The van der Waals surface area contributed by atoms with Crippen LogP contribution in [0, 0.1) is 0 Å². The van der Waals surface area contributed by atoms with Crippen molar-refractivity contribution in [2.75, 3.05) is 6.61 Å². The molecule has 1 atom stereocenters. The zero-order valence-corrected chi connectivity index (χ0v) is 19.1. The molecule has 0 saturated heterocycles. The molecule has 1 aromatic carbocycles. The van der Waals surface area contributed by atoms with Crippen molar-refractivity contribution in [2.45, 2.75) is 77.6 Å². The Bertz CT molecular complexity index is 743. The molecule has 0 unspecified atom stereocenters. The van der Waals surface area contributed by atoms with Gasteiger partial charge in [0.25, 0.3) is 0 Å². The number of esters is 1. The van der Waals surface area contributed by atoms with E-state index >= 15 is 0 Å². The van der Waals surface area contributed by atoms with Crippen molar-refractivity contribution in [3.63, 3.8) is 0 Å². The third kappa shape index (κ3) is 5.88. The van der Waals surface area contributed by atoms with E-state index in [2.05, 4.69) is 33.9 Å². The molecule has 4 nitrogen and oxygen atoms in total. The monoisotopic (exact) mass is 402 g/mol. The molecule has 0 bridgehead atoms. The van der Waals surface area contributed by atoms with E-state index in [1.807, 2.05) is 24.3 Å². The first-order chi connectivity index (χ1) is 13.0. The highest BCUT2D eigenvalue weighted by atomic mass is 28.4. The number of carbonyl (C=O) groups is 2. The second-order valence-corrected chi connectivity index (χ2v) is 13.8. The molecule has 154 valence electrons. The van der Waals surface area contributed by atoms with E-state index in [1.165, 1.54) is 0 Å². The molecule has 0 radical (unpaired) electrons. The smallest absolute Gasteiger partial charge is 0.338 e. The normalized spacial score (nSPS) is 17.6. The third-order valence-electron chi connectivity index (χ3n) is 5.73. The predicted octanol–water partition coefficient (Wildman–Crippen LogP) is 5.48. The molecule has 0 fully saturated rings. The lowest BCUT2D eigenvalue weighted by Gasteiger charge is -2.37. The Morgan fingerprint density at radius 2 is 1.93 bits per heavy atom. The highest BCUT2D eigenvalue weighted by Crippen LogP contribution is 2.39. The van der Waals surface area contributed by atoms with Crippen molar-refractivity contribution in [1.29, 1.82) is 0 Å². The van der Waals surface area contributed by atoms with Gasteiger partial charge in [0.1, 0.15) is 0 Å². The summed E-state index contributed by atoms with van der Waals surface area (Å²) < 4.78 is 11.4. The first-order valence-electron chi connectivity index (χ1n) is 10.2. The third-order valence-corrected chi connectivity index (χ3v) is 10.2. The fourth-order valence-corrected chi connectivity index (χ4v) is 4.36. The first kappa shape index (κ1) is 22.6. The molecule has 0 aliphatic heterocycles. The van der Waals surface area contributed by atoms with Gasteiger partial charge in [-0.25, -0.2) is 4.79 Å². The molecule has 0 amide bonds. The maximum absolute atomic E-state index is 12.4. The SMILES string of the molecule is CCOC(=O)c1cccc(CCCC2=C[C@H](O[Si](C)(C)C(C)(C)C)CC2=O)c1. The van der Waals surface area contributed by atoms with Crippen LogP contribution in [0.3, 0.4) is 0 Å². The number of ether oxygens (including phenoxy) is 1. The van der Waals surface area contributed by atoms with Crippen LogP contribution in [0.1, 0.15) is 62.9 Å². The number of carbonyl (C=O) groups excluding carboxylic acids is 2. The quantitative estimate of drug-likeness (QED) is 0.427. The van der Waals surface area contributed by atoms with Gasteiger partial charge in [-0.3, -0.25) is 4.79 Å². The average Bonchev–Trinajstić information content (AvgIpc) is 2.93. The fraction of sp³-hybridized carbons (Fsp3) is 0.565. The van der Waals surface area contributed by atoms with Crippen LogP contribution in [-0.2, 0) is 20.4 Å². The van der Waals surface area contributed by atoms with E-state index in [9.17, 15) is 9.59 Å². The van der Waals surface area contributed by atoms with E-state index in [0.29, 0.717) is 18.6 Å². The molecule has 0 heterocycles. The molecular weight excluding hydrogens is 368 g/mol. The van der Waals surface area contributed by atoms with Crippen LogP contribution in [0.2, 0.25) is 18.1 Å². The molecule has 1 aliphatic rings. The topological polar surface area (TPSA) is 52.6 Å². The number of hydrogen-bond donors (Lipinski definition) is 0. The largest absolute Gasteiger partial charge is 0.462 e. The molecule has 5 heteroatoms. The van der Waals surface area contributed by atoms with Gasteiger partial charge in [-0.2, -0.15) is 0 Å². The summed E-state index contributed by atoms with van der Waals surface area (Å²) in [5, 5.41) is 0.135. The zero-order chi connectivity index (χ0) is 20.9. The van der Waals surface area contributed by atoms with Crippen LogP contribution in [0.5, 0.6) is 0 Å². The minimum Gasteiger partial charge on any atom is -0.462 e. The van der Waals surface area contributed by atoms with Crippen molar-refractivity contribution in [2.24, 2.45) is 0 Å². The number of allylic oxidation sites excluding steroid dienone is 1. The minimum atomic E-state index is -1.88. The predicted molar refractivity (Wildman–Crippen MR) is 115 cm³/mol. The van der Waals surface area contributed by atoms with Gasteiger partial charge in [0.05, 0.1) is 18.3 Å². The maximum Gasteiger partial charge on any atom is 0.338 e. The Hall–Kier alpha value is -1.72. The minimum absolute atomic E-state index is 0.0736. The summed E-state index contributed by atoms with van der Waals surface area (Å²) in [7, 11) is -1.88. The molecule has 0 aromatic heterocycles. The number of benzene rings is 1. The van der Waals surface area contributed by atoms with Gasteiger partial charge in [-0.05, 0) is 73.7 Å². The van der Waals surface area contributed by atoms with Crippen LogP contribution >= 0.6 is 0 Å². The summed E-state index contributed by atoms with van der Waals surface area (Å²) in [5.74, 6) is -0.0763. The van der Waals surface area contributed by atoms with Gasteiger partial charge in [0, 0.05) is 6.42 Å². The van der Waals surface area contributed by atoms with E-state index in [4.69, 9.17) is 9.16 Å².